The van der Waals surface area contributed by atoms with Gasteiger partial charge in [0.05, 0.1) is 0 Å². The number of allylic oxidation sites excluding steroid dienone is 7. The minimum Gasteiger partial charge on any atom is -0.358 e. The van der Waals surface area contributed by atoms with Crippen LogP contribution < -0.4 is 0 Å². The fourth-order valence-corrected chi connectivity index (χ4v) is 0.451. The molecule has 0 aromatic heterocycles. The van der Waals surface area contributed by atoms with Crippen LogP contribution in [-0.2, 0) is 19.5 Å². The molecule has 0 aromatic rings. The van der Waals surface area contributed by atoms with E-state index in [1.807, 2.05) is 25.2 Å². The van der Waals surface area contributed by atoms with Crippen LogP contribution in [0.15, 0.2) is 36.5 Å². The van der Waals surface area contributed by atoms with Gasteiger partial charge in [-0.15, -0.1) is 6.42 Å². The second kappa shape index (κ2) is 37.4. The zero-order chi connectivity index (χ0) is 9.66. The van der Waals surface area contributed by atoms with Gasteiger partial charge in [0.15, 0.2) is 0 Å². The Hall–Kier alpha value is -0.417. The predicted octanol–water partition coefficient (Wildman–Crippen LogP) is 4.60. The van der Waals surface area contributed by atoms with Crippen molar-refractivity contribution in [2.45, 2.75) is 20.3 Å². The van der Waals surface area contributed by atoms with Crippen molar-refractivity contribution >= 4 is 0 Å². The van der Waals surface area contributed by atoms with E-state index in [0.29, 0.717) is 0 Å². The Kier molecular flexibility index (Phi) is 73.1. The first-order valence-corrected chi connectivity index (χ1v) is 4.00. The maximum Gasteiger partial charge on any atom is 5.00 e. The van der Waals surface area contributed by atoms with E-state index in [9.17, 15) is 0 Å². The van der Waals surface area contributed by atoms with E-state index in [0.717, 1.165) is 6.42 Å². The van der Waals surface area contributed by atoms with E-state index in [1.54, 1.807) is 13.0 Å². The Morgan fingerprint density at radius 1 is 1.33 bits per heavy atom. The first-order chi connectivity index (χ1) is 5.91. The van der Waals surface area contributed by atoms with Crippen LogP contribution in [0, 0.1) is 34.4 Å². The van der Waals surface area contributed by atoms with Gasteiger partial charge in [0.1, 0.15) is 0 Å². The minimum atomic E-state index is 0. The van der Waals surface area contributed by atoms with Gasteiger partial charge in [-0.25, -0.2) is 24.3 Å². The summed E-state index contributed by atoms with van der Waals surface area (Å²) in [4.78, 5) is 0. The van der Waals surface area contributed by atoms with Crippen molar-refractivity contribution in [1.82, 2.24) is 0 Å². The minimum absolute atomic E-state index is 0. The molecule has 0 unspecified atom stereocenters. The Morgan fingerprint density at radius 2 is 1.87 bits per heavy atom. The van der Waals surface area contributed by atoms with Crippen molar-refractivity contribution in [3.8, 4) is 0 Å². The molecule has 0 saturated carbocycles. The molecular weight excluding hydrogens is 269 g/mol. The van der Waals surface area contributed by atoms with Crippen molar-refractivity contribution in [3.63, 3.8) is 0 Å². The molecule has 1 radical (unpaired) electrons. The molecule has 0 aromatic carbocycles. The molecule has 0 heterocycles. The average molecular weight is 292 g/mol. The normalized spacial score (nSPS) is 9.27. The fourth-order valence-electron chi connectivity index (χ4n) is 0.451. The number of rotatable bonds is 1. The molecule has 0 saturated heterocycles. The van der Waals surface area contributed by atoms with Gasteiger partial charge in [-0.2, -0.15) is 19.1 Å². The standard InChI is InChI=1S/C5H5.C5H7.C2H5.2CH3.Ru/c1-2-4-5-3-1;1-3-5-4-2;1-2;;;/h1-3H,4H2;1,3-5H,2H3;1H2,2H3;2*1H3;/q5*-1;+5/b;5-4+;;;;. The first kappa shape index (κ1) is 29.3. The number of hydrogen-bond donors (Lipinski definition) is 0. The zero-order valence-electron chi connectivity index (χ0n) is 10.3. The number of hydrogen-bond acceptors (Lipinski definition) is 0. The van der Waals surface area contributed by atoms with Crippen LogP contribution in [0.2, 0.25) is 0 Å². The zero-order valence-corrected chi connectivity index (χ0v) is 12.0. The molecule has 0 aliphatic heterocycles. The monoisotopic (exact) mass is 293 g/mol. The third-order valence-corrected chi connectivity index (χ3v) is 0.889. The van der Waals surface area contributed by atoms with Gasteiger partial charge >= 0.3 is 19.5 Å². The molecule has 0 amide bonds. The molecular formula is C14H23Ru. The summed E-state index contributed by atoms with van der Waals surface area (Å²) in [7, 11) is 0. The van der Waals surface area contributed by atoms with Crippen molar-refractivity contribution in [1.29, 1.82) is 0 Å². The van der Waals surface area contributed by atoms with Crippen LogP contribution in [0.1, 0.15) is 20.3 Å². The van der Waals surface area contributed by atoms with Crippen LogP contribution in [0.25, 0.3) is 0 Å². The molecule has 87 valence electrons. The quantitative estimate of drug-likeness (QED) is 0.376. The summed E-state index contributed by atoms with van der Waals surface area (Å²) >= 11 is 0. The van der Waals surface area contributed by atoms with E-state index in [1.165, 1.54) is 6.08 Å². The molecule has 1 aliphatic carbocycles. The molecule has 0 nitrogen and oxygen atoms in total. The molecule has 1 heteroatoms. The van der Waals surface area contributed by atoms with Crippen molar-refractivity contribution < 1.29 is 19.5 Å². The molecule has 0 N–H and O–H groups in total. The van der Waals surface area contributed by atoms with Crippen LogP contribution >= 0.6 is 0 Å². The van der Waals surface area contributed by atoms with E-state index in [-0.39, 0.29) is 34.3 Å². The molecule has 0 bridgehead atoms. The first-order valence-electron chi connectivity index (χ1n) is 4.00. The van der Waals surface area contributed by atoms with Crippen molar-refractivity contribution in [3.05, 3.63) is 70.9 Å². The van der Waals surface area contributed by atoms with Gasteiger partial charge < -0.3 is 21.8 Å². The van der Waals surface area contributed by atoms with E-state index in [2.05, 4.69) is 19.1 Å². The topological polar surface area (TPSA) is 0 Å². The maximum absolute atomic E-state index is 4.93. The third kappa shape index (κ3) is 42.1. The SMILES string of the molecule is [C-]1=CC=CC1.[CH-]=C/C=C/C.[CH2-]C.[CH3-].[CH3-].[Ru+5]. The summed E-state index contributed by atoms with van der Waals surface area (Å²) < 4.78 is 0. The van der Waals surface area contributed by atoms with Crippen LogP contribution in [0.5, 0.6) is 0 Å². The summed E-state index contributed by atoms with van der Waals surface area (Å²) in [5, 5.41) is 0. The molecule has 1 rings (SSSR count). The summed E-state index contributed by atoms with van der Waals surface area (Å²) in [6.07, 6.45) is 15.2. The molecule has 0 spiro atoms. The van der Waals surface area contributed by atoms with E-state index >= 15 is 0 Å². The predicted molar refractivity (Wildman–Crippen MR) is 69.1 cm³/mol. The van der Waals surface area contributed by atoms with Crippen LogP contribution in [0.4, 0.5) is 0 Å². The summed E-state index contributed by atoms with van der Waals surface area (Å²) in [5.74, 6) is 0. The Bertz CT molecular complexity index is 140. The Morgan fingerprint density at radius 3 is 1.93 bits per heavy atom. The van der Waals surface area contributed by atoms with E-state index < -0.39 is 0 Å². The summed E-state index contributed by atoms with van der Waals surface area (Å²) in [5.41, 5.74) is 0. The molecule has 0 fully saturated rings. The van der Waals surface area contributed by atoms with Gasteiger partial charge in [-0.1, -0.05) is 6.92 Å². The van der Waals surface area contributed by atoms with Crippen LogP contribution in [0.3, 0.4) is 0 Å². The van der Waals surface area contributed by atoms with Crippen molar-refractivity contribution in [2.24, 2.45) is 0 Å². The third-order valence-electron chi connectivity index (χ3n) is 0.889. The largest absolute Gasteiger partial charge is 5.00 e. The van der Waals surface area contributed by atoms with E-state index in [4.69, 9.17) is 6.58 Å². The second-order valence-corrected chi connectivity index (χ2v) is 1.72. The Balaban J connectivity index is -0.0000000326. The van der Waals surface area contributed by atoms with Gasteiger partial charge in [0.25, 0.3) is 0 Å². The van der Waals surface area contributed by atoms with Crippen molar-refractivity contribution in [2.75, 3.05) is 0 Å². The van der Waals surface area contributed by atoms with Gasteiger partial charge in [0.2, 0.25) is 0 Å². The average Bonchev–Trinajstić information content (AvgIpc) is 2.67. The molecule has 15 heavy (non-hydrogen) atoms. The smallest absolute Gasteiger partial charge is 0.358 e. The molecule has 0 atom stereocenters. The second-order valence-electron chi connectivity index (χ2n) is 1.72. The van der Waals surface area contributed by atoms with Gasteiger partial charge in [-0.3, -0.25) is 12.7 Å². The Labute approximate surface area is 111 Å². The van der Waals surface area contributed by atoms with Crippen LogP contribution in [-0.4, -0.2) is 0 Å². The van der Waals surface area contributed by atoms with Gasteiger partial charge in [-0.05, 0) is 0 Å². The maximum atomic E-state index is 4.93. The summed E-state index contributed by atoms with van der Waals surface area (Å²) in [6.45, 7) is 11.8. The molecule has 1 aliphatic rings. The summed E-state index contributed by atoms with van der Waals surface area (Å²) in [6, 6.07) is 0. The fraction of sp³-hybridized carbons (Fsp3) is 0.214. The van der Waals surface area contributed by atoms with Gasteiger partial charge in [0, 0.05) is 0 Å².